The van der Waals surface area contributed by atoms with Gasteiger partial charge in [0.1, 0.15) is 29.9 Å². The minimum absolute atomic E-state index is 0.184. The number of anilines is 3. The maximum absolute atomic E-state index is 12.4. The van der Waals surface area contributed by atoms with E-state index in [0.29, 0.717) is 47.9 Å². The van der Waals surface area contributed by atoms with Gasteiger partial charge in [0.15, 0.2) is 11.5 Å². The number of aromatic nitrogens is 3. The van der Waals surface area contributed by atoms with Crippen molar-refractivity contribution >= 4 is 23.4 Å². The average Bonchev–Trinajstić information content (AvgIpc) is 2.76. The Bertz CT molecular complexity index is 1070. The Balaban J connectivity index is 1.27. The summed E-state index contributed by atoms with van der Waals surface area (Å²) in [6, 6.07) is 13.0. The van der Waals surface area contributed by atoms with Crippen LogP contribution in [0.5, 0.6) is 11.5 Å². The molecule has 0 aliphatic carbocycles. The summed E-state index contributed by atoms with van der Waals surface area (Å²) in [7, 11) is 0. The second-order valence-electron chi connectivity index (χ2n) is 7.11. The predicted molar refractivity (Wildman–Crippen MR) is 117 cm³/mol. The van der Waals surface area contributed by atoms with Crippen molar-refractivity contribution in [2.75, 3.05) is 30.3 Å². The van der Waals surface area contributed by atoms with Crippen LogP contribution in [0, 0.1) is 13.8 Å². The van der Waals surface area contributed by atoms with Crippen LogP contribution in [0.2, 0.25) is 0 Å². The monoisotopic (exact) mass is 420 g/mol. The number of ether oxygens (including phenoxy) is 2. The lowest BCUT2D eigenvalue weighted by Crippen LogP contribution is -2.45. The molecule has 9 heteroatoms. The third-order valence-electron chi connectivity index (χ3n) is 4.54. The van der Waals surface area contributed by atoms with E-state index in [9.17, 15) is 4.79 Å². The second kappa shape index (κ2) is 9.29. The Morgan fingerprint density at radius 1 is 1.03 bits per heavy atom. The number of nitrogens with one attached hydrogen (secondary N) is 3. The molecule has 0 saturated heterocycles. The molecule has 0 fully saturated rings. The van der Waals surface area contributed by atoms with Crippen LogP contribution in [0.15, 0.2) is 48.7 Å². The van der Waals surface area contributed by atoms with E-state index in [1.165, 1.54) is 0 Å². The molecule has 160 valence electrons. The van der Waals surface area contributed by atoms with Gasteiger partial charge in [0.05, 0.1) is 0 Å². The Kier molecular flexibility index (Phi) is 6.11. The van der Waals surface area contributed by atoms with Gasteiger partial charge in [-0.15, -0.1) is 0 Å². The van der Waals surface area contributed by atoms with E-state index in [1.54, 1.807) is 18.3 Å². The maximum Gasteiger partial charge on any atom is 0.264 e. The highest BCUT2D eigenvalue weighted by Gasteiger charge is 2.26. The molecule has 3 heterocycles. The third-order valence-corrected chi connectivity index (χ3v) is 4.54. The number of carbonyl (C=O) groups is 1. The van der Waals surface area contributed by atoms with Crippen LogP contribution in [-0.2, 0) is 4.79 Å². The number of hydrogen-bond donors (Lipinski definition) is 3. The van der Waals surface area contributed by atoms with Crippen LogP contribution in [0.1, 0.15) is 11.4 Å². The molecule has 2 aromatic heterocycles. The summed E-state index contributed by atoms with van der Waals surface area (Å²) >= 11 is 0. The van der Waals surface area contributed by atoms with Gasteiger partial charge >= 0.3 is 0 Å². The number of rotatable bonds is 7. The summed E-state index contributed by atoms with van der Waals surface area (Å²) in [5, 5.41) is 9.24. The molecule has 0 radical (unpaired) electrons. The summed E-state index contributed by atoms with van der Waals surface area (Å²) in [4.78, 5) is 25.4. The fraction of sp³-hybridized carbons (Fsp3) is 0.273. The number of benzene rings is 1. The lowest BCUT2D eigenvalue weighted by atomic mass is 10.2. The number of nitrogens with zero attached hydrogens (tertiary/aromatic N) is 3. The number of amides is 1. The van der Waals surface area contributed by atoms with Crippen LogP contribution in [-0.4, -0.2) is 46.7 Å². The Morgan fingerprint density at radius 2 is 1.84 bits per heavy atom. The van der Waals surface area contributed by atoms with Crippen molar-refractivity contribution in [3.05, 3.63) is 60.0 Å². The number of aryl methyl sites for hydroxylation is 2. The maximum atomic E-state index is 12.4. The van der Waals surface area contributed by atoms with Gasteiger partial charge in [-0.05, 0) is 43.7 Å². The van der Waals surface area contributed by atoms with Gasteiger partial charge in [-0.2, -0.15) is 0 Å². The first-order chi connectivity index (χ1) is 15.1. The number of hydrogen-bond acceptors (Lipinski definition) is 8. The molecule has 0 bridgehead atoms. The molecule has 1 unspecified atom stereocenters. The first kappa shape index (κ1) is 20.4. The quantitative estimate of drug-likeness (QED) is 0.501. The number of pyridine rings is 1. The third kappa shape index (κ3) is 5.39. The van der Waals surface area contributed by atoms with Crippen LogP contribution < -0.4 is 25.4 Å². The minimum atomic E-state index is -0.672. The fourth-order valence-electron chi connectivity index (χ4n) is 3.10. The van der Waals surface area contributed by atoms with E-state index in [2.05, 4.69) is 30.9 Å². The smallest absolute Gasteiger partial charge is 0.264 e. The van der Waals surface area contributed by atoms with Gasteiger partial charge in [0, 0.05) is 25.4 Å². The van der Waals surface area contributed by atoms with E-state index < -0.39 is 6.10 Å². The largest absolute Gasteiger partial charge is 0.485 e. The molecule has 3 aromatic rings. The fourth-order valence-corrected chi connectivity index (χ4v) is 3.10. The van der Waals surface area contributed by atoms with Crippen molar-refractivity contribution in [3.63, 3.8) is 0 Å². The van der Waals surface area contributed by atoms with Gasteiger partial charge in [-0.25, -0.2) is 15.0 Å². The van der Waals surface area contributed by atoms with Gasteiger partial charge in [0.2, 0.25) is 6.10 Å². The number of carbonyl (C=O) groups excluding carboxylic acids is 1. The first-order valence-corrected chi connectivity index (χ1v) is 10.0. The second-order valence-corrected chi connectivity index (χ2v) is 7.11. The van der Waals surface area contributed by atoms with Gasteiger partial charge < -0.3 is 25.4 Å². The van der Waals surface area contributed by atoms with Crippen molar-refractivity contribution in [1.29, 1.82) is 0 Å². The first-order valence-electron chi connectivity index (χ1n) is 10.0. The van der Waals surface area contributed by atoms with Gasteiger partial charge in [0.25, 0.3) is 5.91 Å². The highest BCUT2D eigenvalue weighted by Crippen LogP contribution is 2.30. The molecule has 1 aliphatic heterocycles. The highest BCUT2D eigenvalue weighted by atomic mass is 16.6. The predicted octanol–water partition coefficient (Wildman–Crippen LogP) is 2.60. The van der Waals surface area contributed by atoms with Crippen LogP contribution in [0.25, 0.3) is 0 Å². The Hall–Kier alpha value is -3.88. The van der Waals surface area contributed by atoms with Crippen molar-refractivity contribution in [3.8, 4) is 11.5 Å². The van der Waals surface area contributed by atoms with E-state index >= 15 is 0 Å². The standard InChI is InChI=1S/C22H24N6O3/c1-14-7-8-23-19(11-14)28-21-12-20(26-15(2)27-21)24-9-10-25-22(29)18-13-30-16-5-3-4-6-17(16)31-18/h3-8,11-12,18H,9-10,13H2,1-2H3,(H,25,29)(H2,23,24,26,27,28). The molecule has 9 nitrogen and oxygen atoms in total. The van der Waals surface area contributed by atoms with Crippen molar-refractivity contribution < 1.29 is 14.3 Å². The number of fused-ring (bicyclic) bond motifs is 1. The van der Waals surface area contributed by atoms with Crippen molar-refractivity contribution in [1.82, 2.24) is 20.3 Å². The zero-order valence-corrected chi connectivity index (χ0v) is 17.4. The van der Waals surface area contributed by atoms with Crippen LogP contribution >= 0.6 is 0 Å². The molecule has 1 amide bonds. The lowest BCUT2D eigenvalue weighted by molar-refractivity contribution is -0.130. The summed E-state index contributed by atoms with van der Waals surface area (Å²) in [6.45, 7) is 4.91. The SMILES string of the molecule is Cc1ccnc(Nc2cc(NCCNC(=O)C3COc4ccccc4O3)nc(C)n2)c1. The molecular weight excluding hydrogens is 396 g/mol. The zero-order chi connectivity index (χ0) is 21.6. The van der Waals surface area contributed by atoms with E-state index in [-0.39, 0.29) is 12.5 Å². The van der Waals surface area contributed by atoms with Gasteiger partial charge in [-0.3, -0.25) is 4.79 Å². The Morgan fingerprint density at radius 3 is 2.68 bits per heavy atom. The molecule has 1 atom stereocenters. The number of para-hydroxylation sites is 2. The molecule has 3 N–H and O–H groups in total. The molecule has 0 spiro atoms. The minimum Gasteiger partial charge on any atom is -0.485 e. The van der Waals surface area contributed by atoms with E-state index in [1.807, 2.05) is 44.2 Å². The Labute approximate surface area is 180 Å². The summed E-state index contributed by atoms with van der Waals surface area (Å²) in [5.41, 5.74) is 1.10. The van der Waals surface area contributed by atoms with Crippen LogP contribution in [0.4, 0.5) is 17.5 Å². The molecular formula is C22H24N6O3. The van der Waals surface area contributed by atoms with E-state index in [0.717, 1.165) is 5.56 Å². The lowest BCUT2D eigenvalue weighted by Gasteiger charge is -2.25. The molecule has 0 saturated carbocycles. The van der Waals surface area contributed by atoms with Crippen molar-refractivity contribution in [2.24, 2.45) is 0 Å². The molecule has 1 aliphatic rings. The zero-order valence-electron chi connectivity index (χ0n) is 17.4. The summed E-state index contributed by atoms with van der Waals surface area (Å²) in [6.07, 6.45) is 1.07. The van der Waals surface area contributed by atoms with Crippen LogP contribution in [0.3, 0.4) is 0 Å². The molecule has 31 heavy (non-hydrogen) atoms. The highest BCUT2D eigenvalue weighted by molar-refractivity contribution is 5.81. The van der Waals surface area contributed by atoms with Crippen molar-refractivity contribution in [2.45, 2.75) is 20.0 Å². The molecule has 4 rings (SSSR count). The van der Waals surface area contributed by atoms with Gasteiger partial charge in [-0.1, -0.05) is 12.1 Å². The summed E-state index contributed by atoms with van der Waals surface area (Å²) < 4.78 is 11.3. The summed E-state index contributed by atoms with van der Waals surface area (Å²) in [5.74, 6) is 3.64. The normalized spacial score (nSPS) is 14.6. The average molecular weight is 420 g/mol. The molecule has 1 aromatic carbocycles. The topological polar surface area (TPSA) is 110 Å². The van der Waals surface area contributed by atoms with E-state index in [4.69, 9.17) is 9.47 Å².